The minimum Gasteiger partial charge on any atom is -0.440 e. The van der Waals surface area contributed by atoms with Gasteiger partial charge in [-0.3, -0.25) is 14.7 Å². The molecule has 0 saturated carbocycles. The van der Waals surface area contributed by atoms with Gasteiger partial charge in [-0.1, -0.05) is 0 Å². The number of anilines is 2. The highest BCUT2D eigenvalue weighted by molar-refractivity contribution is 5.87. The van der Waals surface area contributed by atoms with E-state index in [4.69, 9.17) is 9.15 Å². The average Bonchev–Trinajstić information content (AvgIpc) is 3.24. The Balaban J connectivity index is 1.67. The highest BCUT2D eigenvalue weighted by Gasteiger charge is 2.21. The first-order valence-electron chi connectivity index (χ1n) is 10.8. The lowest BCUT2D eigenvalue weighted by Gasteiger charge is -2.27. The molecule has 1 saturated heterocycles. The van der Waals surface area contributed by atoms with Crippen LogP contribution >= 0.6 is 0 Å². The molecule has 0 spiro atoms. The Morgan fingerprint density at radius 2 is 1.76 bits per heavy atom. The molecule has 5 rings (SSSR count). The molecule has 3 heterocycles. The largest absolute Gasteiger partial charge is 0.440 e. The van der Waals surface area contributed by atoms with Crippen LogP contribution in [0.2, 0.25) is 0 Å². The number of aromatic nitrogens is 2. The summed E-state index contributed by atoms with van der Waals surface area (Å²) in [6.07, 6.45) is 1.51. The van der Waals surface area contributed by atoms with Gasteiger partial charge in [0, 0.05) is 42.7 Å². The third-order valence-electron chi connectivity index (χ3n) is 5.84. The maximum Gasteiger partial charge on any atom is 0.271 e. The number of halogens is 2. The number of rotatable bonds is 5. The summed E-state index contributed by atoms with van der Waals surface area (Å²) < 4.78 is 39.1. The number of benzene rings is 2. The van der Waals surface area contributed by atoms with E-state index in [0.717, 1.165) is 6.07 Å². The van der Waals surface area contributed by atoms with Gasteiger partial charge < -0.3 is 24.5 Å². The van der Waals surface area contributed by atoms with Gasteiger partial charge in [0.15, 0.2) is 11.3 Å². The second kappa shape index (κ2) is 8.79. The van der Waals surface area contributed by atoms with E-state index in [9.17, 15) is 18.4 Å². The molecule has 1 fully saturated rings. The summed E-state index contributed by atoms with van der Waals surface area (Å²) in [5, 5.41) is 8.50. The summed E-state index contributed by atoms with van der Waals surface area (Å²) in [6.45, 7) is 3.98. The van der Waals surface area contributed by atoms with Crippen molar-refractivity contribution in [3.63, 3.8) is 0 Å². The lowest BCUT2D eigenvalue weighted by Crippen LogP contribution is -2.36. The van der Waals surface area contributed by atoms with Crippen molar-refractivity contribution in [2.45, 2.75) is 13.0 Å². The highest BCUT2D eigenvalue weighted by Crippen LogP contribution is 2.33. The first-order chi connectivity index (χ1) is 16.4. The molecule has 1 aliphatic heterocycles. The molecule has 2 aromatic carbocycles. The summed E-state index contributed by atoms with van der Waals surface area (Å²) in [5.74, 6) is -1.01. The summed E-state index contributed by atoms with van der Waals surface area (Å²) in [4.78, 5) is 27.3. The van der Waals surface area contributed by atoms with Gasteiger partial charge in [-0.15, -0.1) is 0 Å². The molecule has 4 aromatic rings. The van der Waals surface area contributed by atoms with Crippen LogP contribution < -0.4 is 21.2 Å². The second-order valence-corrected chi connectivity index (χ2v) is 8.17. The quantitative estimate of drug-likeness (QED) is 0.412. The molecule has 0 bridgehead atoms. The van der Waals surface area contributed by atoms with Gasteiger partial charge in [0.05, 0.1) is 30.2 Å². The number of aromatic amines is 2. The maximum absolute atomic E-state index is 13.7. The molecule has 0 radical (unpaired) electrons. The fourth-order valence-electron chi connectivity index (χ4n) is 4.17. The lowest BCUT2D eigenvalue weighted by molar-refractivity contribution is 0.121. The lowest BCUT2D eigenvalue weighted by atomic mass is 9.98. The number of hydrogen-bond acceptors (Lipinski definition) is 6. The number of nitrogens with one attached hydrogen (secondary N) is 3. The van der Waals surface area contributed by atoms with Crippen molar-refractivity contribution in [2.75, 3.05) is 36.5 Å². The highest BCUT2D eigenvalue weighted by atomic mass is 19.1. The molecule has 10 heteroatoms. The van der Waals surface area contributed by atoms with Crippen molar-refractivity contribution in [3.05, 3.63) is 80.4 Å². The SMILES string of the molecule is CC(Nc1cc(F)cc(F)c1)c1cc(-c2c[nH][nH]c2=O)cc2c(=O)cc(N3CCOCC3)oc12. The van der Waals surface area contributed by atoms with E-state index >= 15 is 0 Å². The van der Waals surface area contributed by atoms with Crippen LogP contribution in [0.5, 0.6) is 0 Å². The Hall–Kier alpha value is -3.92. The van der Waals surface area contributed by atoms with Crippen LogP contribution in [0.3, 0.4) is 0 Å². The first-order valence-corrected chi connectivity index (χ1v) is 10.8. The van der Waals surface area contributed by atoms with Gasteiger partial charge in [-0.05, 0) is 36.8 Å². The van der Waals surface area contributed by atoms with E-state index in [1.165, 1.54) is 24.4 Å². The topological polar surface area (TPSA) is 103 Å². The molecule has 1 atom stereocenters. The van der Waals surface area contributed by atoms with Crippen LogP contribution in [0.1, 0.15) is 18.5 Å². The maximum atomic E-state index is 13.7. The number of hydrogen-bond donors (Lipinski definition) is 3. The molecule has 176 valence electrons. The van der Waals surface area contributed by atoms with Gasteiger partial charge in [0.2, 0.25) is 0 Å². The smallest absolute Gasteiger partial charge is 0.271 e. The molecule has 3 N–H and O–H groups in total. The van der Waals surface area contributed by atoms with Crippen molar-refractivity contribution < 1.29 is 17.9 Å². The zero-order chi connectivity index (χ0) is 23.8. The zero-order valence-corrected chi connectivity index (χ0v) is 18.3. The number of H-pyrrole nitrogens is 2. The Morgan fingerprint density at radius 3 is 2.44 bits per heavy atom. The molecule has 2 aromatic heterocycles. The van der Waals surface area contributed by atoms with E-state index in [1.54, 1.807) is 19.1 Å². The molecule has 0 aliphatic carbocycles. The first kappa shape index (κ1) is 21.9. The minimum absolute atomic E-state index is 0.231. The van der Waals surface area contributed by atoms with E-state index < -0.39 is 17.7 Å². The third kappa shape index (κ3) is 4.19. The summed E-state index contributed by atoms with van der Waals surface area (Å²) in [7, 11) is 0. The predicted molar refractivity (Wildman–Crippen MR) is 124 cm³/mol. The van der Waals surface area contributed by atoms with Gasteiger partial charge in [-0.2, -0.15) is 0 Å². The summed E-state index contributed by atoms with van der Waals surface area (Å²) in [5.41, 5.74) is 1.38. The van der Waals surface area contributed by atoms with Crippen molar-refractivity contribution >= 4 is 22.5 Å². The molecule has 0 amide bonds. The molecule has 8 nitrogen and oxygen atoms in total. The van der Waals surface area contributed by atoms with Crippen LogP contribution in [0.25, 0.3) is 22.1 Å². The van der Waals surface area contributed by atoms with Gasteiger partial charge in [-0.25, -0.2) is 8.78 Å². The van der Waals surface area contributed by atoms with Crippen molar-refractivity contribution in [3.8, 4) is 11.1 Å². The van der Waals surface area contributed by atoms with Crippen molar-refractivity contribution in [2.24, 2.45) is 0 Å². The number of fused-ring (bicyclic) bond motifs is 1. The second-order valence-electron chi connectivity index (χ2n) is 8.17. The van der Waals surface area contributed by atoms with Crippen LogP contribution in [-0.2, 0) is 4.74 Å². The summed E-state index contributed by atoms with van der Waals surface area (Å²) in [6, 6.07) is 7.40. The average molecular weight is 468 g/mol. The van der Waals surface area contributed by atoms with Crippen LogP contribution in [0.15, 0.2) is 56.6 Å². The molecular weight excluding hydrogens is 446 g/mol. The van der Waals surface area contributed by atoms with Gasteiger partial charge >= 0.3 is 0 Å². The van der Waals surface area contributed by atoms with E-state index in [2.05, 4.69) is 15.5 Å². The monoisotopic (exact) mass is 468 g/mol. The zero-order valence-electron chi connectivity index (χ0n) is 18.3. The molecule has 34 heavy (non-hydrogen) atoms. The van der Waals surface area contributed by atoms with E-state index in [0.29, 0.717) is 59.8 Å². The Bertz CT molecular complexity index is 1450. The fourth-order valence-corrected chi connectivity index (χ4v) is 4.17. The Morgan fingerprint density at radius 1 is 1.03 bits per heavy atom. The fraction of sp³-hybridized carbons (Fsp3) is 0.250. The Kier molecular flexibility index (Phi) is 5.66. The molecular formula is C24H22F2N4O4. The van der Waals surface area contributed by atoms with Crippen LogP contribution in [0.4, 0.5) is 20.4 Å². The normalized spacial score (nSPS) is 15.0. The van der Waals surface area contributed by atoms with Gasteiger partial charge in [0.1, 0.15) is 17.2 Å². The minimum atomic E-state index is -0.715. The molecule has 1 aliphatic rings. The van der Waals surface area contributed by atoms with Crippen LogP contribution in [-0.4, -0.2) is 36.5 Å². The van der Waals surface area contributed by atoms with Gasteiger partial charge in [0.25, 0.3) is 5.56 Å². The van der Waals surface area contributed by atoms with E-state index in [1.807, 2.05) is 4.90 Å². The predicted octanol–water partition coefficient (Wildman–Crippen LogP) is 3.76. The molecule has 1 unspecified atom stereocenters. The number of morpholine rings is 1. The van der Waals surface area contributed by atoms with Crippen molar-refractivity contribution in [1.82, 2.24) is 10.2 Å². The van der Waals surface area contributed by atoms with E-state index in [-0.39, 0.29) is 16.7 Å². The summed E-state index contributed by atoms with van der Waals surface area (Å²) >= 11 is 0. The van der Waals surface area contributed by atoms with Crippen LogP contribution in [0, 0.1) is 11.6 Å². The third-order valence-corrected chi connectivity index (χ3v) is 5.84. The van der Waals surface area contributed by atoms with Crippen molar-refractivity contribution in [1.29, 1.82) is 0 Å². The Labute approximate surface area is 192 Å². The number of ether oxygens (including phenoxy) is 1. The number of nitrogens with zero attached hydrogens (tertiary/aromatic N) is 1. The standard InChI is InChI=1S/C24H22F2N4O4/c1-13(28-17-9-15(25)8-16(26)10-17)18-6-14(20-12-27-29-24(20)32)7-19-21(31)11-22(34-23(18)19)30-2-4-33-5-3-30/h6-13,28H,2-5H2,1H3,(H2,27,29,32).